The molecule has 0 unspecified atom stereocenters. The molecule has 8 nitrogen and oxygen atoms in total. The van der Waals surface area contributed by atoms with Crippen molar-refractivity contribution in [3.8, 4) is 11.4 Å². The van der Waals surface area contributed by atoms with Crippen LogP contribution in [0.2, 0.25) is 0 Å². The van der Waals surface area contributed by atoms with Crippen LogP contribution >= 0.6 is 0 Å². The van der Waals surface area contributed by atoms with E-state index in [0.717, 1.165) is 58.6 Å². The van der Waals surface area contributed by atoms with Crippen molar-refractivity contribution >= 4 is 28.1 Å². The number of aromatic amines is 1. The number of piperidine rings is 1. The number of carbonyl (C=O) groups is 1. The third-order valence-electron chi connectivity index (χ3n) is 7.26. The first-order valence-corrected chi connectivity index (χ1v) is 12.7. The summed E-state index contributed by atoms with van der Waals surface area (Å²) < 4.78 is 41.0. The molecule has 0 bridgehead atoms. The summed E-state index contributed by atoms with van der Waals surface area (Å²) in [6.45, 7) is 1.65. The van der Waals surface area contributed by atoms with Gasteiger partial charge in [-0.15, -0.1) is 0 Å². The fourth-order valence-corrected chi connectivity index (χ4v) is 5.24. The highest BCUT2D eigenvalue weighted by molar-refractivity contribution is 5.94. The van der Waals surface area contributed by atoms with E-state index in [4.69, 9.17) is 10.7 Å². The maximum Gasteiger partial charge on any atom is 0.416 e. The number of alkyl halides is 3. The Labute approximate surface area is 221 Å². The molecule has 1 amide bonds. The first-order chi connectivity index (χ1) is 18.8. The van der Waals surface area contributed by atoms with Gasteiger partial charge in [-0.05, 0) is 43.2 Å². The van der Waals surface area contributed by atoms with Gasteiger partial charge in [0.1, 0.15) is 22.9 Å². The molecule has 1 saturated heterocycles. The fourth-order valence-electron chi connectivity index (χ4n) is 5.24. The van der Waals surface area contributed by atoms with Crippen LogP contribution in [0.4, 0.5) is 19.0 Å². The van der Waals surface area contributed by atoms with Gasteiger partial charge < -0.3 is 16.0 Å². The van der Waals surface area contributed by atoms with Crippen molar-refractivity contribution in [2.75, 3.05) is 25.5 Å². The van der Waals surface area contributed by atoms with Gasteiger partial charge in [0.2, 0.25) is 0 Å². The molecule has 5 aromatic rings. The minimum Gasteiger partial charge on any atom is -0.382 e. The van der Waals surface area contributed by atoms with Gasteiger partial charge in [0.15, 0.2) is 0 Å². The van der Waals surface area contributed by atoms with Crippen molar-refractivity contribution in [1.82, 2.24) is 29.6 Å². The molecule has 0 saturated carbocycles. The Hall–Kier alpha value is -4.38. The summed E-state index contributed by atoms with van der Waals surface area (Å²) in [5, 5.41) is 3.83. The molecule has 1 aliphatic rings. The summed E-state index contributed by atoms with van der Waals surface area (Å²) in [4.78, 5) is 27.3. The molecule has 3 aromatic heterocycles. The number of nitrogens with two attached hydrogens (primary N) is 1. The highest BCUT2D eigenvalue weighted by atomic mass is 19.4. The third-order valence-corrected chi connectivity index (χ3v) is 7.26. The molecule has 6 rings (SSSR count). The van der Waals surface area contributed by atoms with Crippen molar-refractivity contribution in [2.45, 2.75) is 24.9 Å². The average molecular weight is 534 g/mol. The summed E-state index contributed by atoms with van der Waals surface area (Å²) in [5.74, 6) is 0.932. The van der Waals surface area contributed by atoms with Gasteiger partial charge in [0.05, 0.1) is 17.9 Å². The smallest absolute Gasteiger partial charge is 0.382 e. The van der Waals surface area contributed by atoms with Crippen LogP contribution in [0.25, 0.3) is 27.8 Å². The third kappa shape index (κ3) is 4.81. The Morgan fingerprint density at radius 2 is 1.90 bits per heavy atom. The van der Waals surface area contributed by atoms with E-state index in [0.29, 0.717) is 18.9 Å². The van der Waals surface area contributed by atoms with Crippen molar-refractivity contribution in [2.24, 2.45) is 0 Å². The Bertz CT molecular complexity index is 1630. The maximum atomic E-state index is 13.0. The summed E-state index contributed by atoms with van der Waals surface area (Å²) in [5.41, 5.74) is 8.84. The van der Waals surface area contributed by atoms with Crippen LogP contribution in [0.15, 0.2) is 67.0 Å². The lowest BCUT2D eigenvalue weighted by Crippen LogP contribution is -2.42. The quantitative estimate of drug-likeness (QED) is 0.294. The lowest BCUT2D eigenvalue weighted by atomic mass is 9.96. The number of likely N-dealkylation sites (tertiary alicyclic amines) is 1. The van der Waals surface area contributed by atoms with Gasteiger partial charge >= 0.3 is 6.18 Å². The summed E-state index contributed by atoms with van der Waals surface area (Å²) >= 11 is 0. The second-order valence-corrected chi connectivity index (χ2v) is 9.75. The van der Waals surface area contributed by atoms with Crippen LogP contribution < -0.4 is 11.1 Å². The van der Waals surface area contributed by atoms with E-state index in [1.54, 1.807) is 6.20 Å². The summed E-state index contributed by atoms with van der Waals surface area (Å²) in [7, 11) is 0. The van der Waals surface area contributed by atoms with Gasteiger partial charge in [0, 0.05) is 47.9 Å². The monoisotopic (exact) mass is 533 g/mol. The molecule has 0 spiro atoms. The Kier molecular flexibility index (Phi) is 6.22. The van der Waals surface area contributed by atoms with Crippen molar-refractivity contribution in [3.63, 3.8) is 0 Å². The fraction of sp³-hybridized carbons (Fsp3) is 0.250. The zero-order valence-electron chi connectivity index (χ0n) is 20.9. The van der Waals surface area contributed by atoms with Crippen LogP contribution in [-0.2, 0) is 6.18 Å². The van der Waals surface area contributed by atoms with E-state index >= 15 is 0 Å². The molecule has 0 radical (unpaired) electrons. The van der Waals surface area contributed by atoms with E-state index in [2.05, 4.69) is 26.3 Å². The van der Waals surface area contributed by atoms with Gasteiger partial charge in [-0.1, -0.05) is 24.3 Å². The molecule has 1 aliphatic heterocycles. The number of aromatic nitrogens is 4. The van der Waals surface area contributed by atoms with Crippen molar-refractivity contribution in [3.05, 3.63) is 83.9 Å². The summed E-state index contributed by atoms with van der Waals surface area (Å²) in [6, 6.07) is 14.5. The minimum atomic E-state index is -4.50. The van der Waals surface area contributed by atoms with Crippen molar-refractivity contribution in [1.29, 1.82) is 0 Å². The first-order valence-electron chi connectivity index (χ1n) is 12.7. The zero-order valence-corrected chi connectivity index (χ0v) is 20.9. The van der Waals surface area contributed by atoms with Crippen LogP contribution in [-0.4, -0.2) is 49.9 Å². The standard InChI is InChI=1S/C28H26F3N7O/c29-28(30,31)20-6-3-5-19(14-20)27(39)34-16-37-11-8-17(9-12-37)26-36-23(24-25(32)33-10-13-38(24)26)22-15-18-4-1-2-7-21(18)35-22/h1-7,10,13-15,17,35H,8-9,11-12,16H2,(H2,32,33)(H,34,39). The molecule has 4 N–H and O–H groups in total. The van der Waals surface area contributed by atoms with Crippen LogP contribution in [0.3, 0.4) is 0 Å². The predicted molar refractivity (Wildman–Crippen MR) is 142 cm³/mol. The number of nitrogens with one attached hydrogen (secondary N) is 2. The number of nitrogens with zero attached hydrogens (tertiary/aromatic N) is 4. The highest BCUT2D eigenvalue weighted by Gasteiger charge is 2.31. The molecular formula is C28H26F3N7O. The lowest BCUT2D eigenvalue weighted by molar-refractivity contribution is -0.137. The number of anilines is 1. The van der Waals surface area contributed by atoms with Crippen LogP contribution in [0.1, 0.15) is 40.5 Å². The summed E-state index contributed by atoms with van der Waals surface area (Å²) in [6.07, 6.45) is 0.646. The number of rotatable bonds is 5. The highest BCUT2D eigenvalue weighted by Crippen LogP contribution is 2.35. The Morgan fingerprint density at radius 1 is 1.10 bits per heavy atom. The SMILES string of the molecule is Nc1nccn2c(C3CCN(CNC(=O)c4cccc(C(F)(F)F)c4)CC3)nc(-c3cc4ccccc4[nH]3)c12. The maximum absolute atomic E-state index is 13.0. The molecule has 200 valence electrons. The average Bonchev–Trinajstić information content (AvgIpc) is 3.54. The van der Waals surface area contributed by atoms with Gasteiger partial charge in [0.25, 0.3) is 5.91 Å². The Morgan fingerprint density at radius 3 is 2.67 bits per heavy atom. The van der Waals surface area contributed by atoms with E-state index < -0.39 is 17.6 Å². The number of para-hydroxylation sites is 1. The second-order valence-electron chi connectivity index (χ2n) is 9.75. The second kappa shape index (κ2) is 9.73. The van der Waals surface area contributed by atoms with E-state index in [9.17, 15) is 18.0 Å². The molecule has 4 heterocycles. The number of fused-ring (bicyclic) bond motifs is 2. The number of H-pyrrole nitrogens is 1. The van der Waals surface area contributed by atoms with Crippen molar-refractivity contribution < 1.29 is 18.0 Å². The van der Waals surface area contributed by atoms with Crippen LogP contribution in [0.5, 0.6) is 0 Å². The minimum absolute atomic E-state index is 0.0146. The zero-order chi connectivity index (χ0) is 27.1. The lowest BCUT2D eigenvalue weighted by Gasteiger charge is -2.31. The molecular weight excluding hydrogens is 507 g/mol. The molecule has 39 heavy (non-hydrogen) atoms. The molecule has 0 atom stereocenters. The van der Waals surface area contributed by atoms with E-state index in [1.807, 2.05) is 34.9 Å². The Balaban J connectivity index is 1.16. The van der Waals surface area contributed by atoms with Gasteiger partial charge in [-0.2, -0.15) is 13.2 Å². The first kappa shape index (κ1) is 24.9. The molecule has 1 fully saturated rings. The number of halogens is 3. The van der Waals surface area contributed by atoms with Gasteiger partial charge in [-0.25, -0.2) is 9.97 Å². The number of amides is 1. The van der Waals surface area contributed by atoms with Gasteiger partial charge in [-0.3, -0.25) is 14.1 Å². The molecule has 11 heteroatoms. The normalized spacial score (nSPS) is 15.3. The number of hydrogen-bond acceptors (Lipinski definition) is 5. The number of benzene rings is 2. The number of hydrogen-bond donors (Lipinski definition) is 3. The number of nitrogen functional groups attached to an aromatic ring is 1. The van der Waals surface area contributed by atoms with E-state index in [-0.39, 0.29) is 18.2 Å². The van der Waals surface area contributed by atoms with E-state index in [1.165, 1.54) is 12.1 Å². The largest absolute Gasteiger partial charge is 0.416 e. The molecule has 2 aromatic carbocycles. The van der Waals surface area contributed by atoms with Crippen LogP contribution in [0, 0.1) is 0 Å². The topological polar surface area (TPSA) is 104 Å². The number of imidazole rings is 1. The number of carbonyl (C=O) groups excluding carboxylic acids is 1. The molecule has 0 aliphatic carbocycles. The predicted octanol–water partition coefficient (Wildman–Crippen LogP) is 5.05.